The molecule has 1 unspecified atom stereocenters. The summed E-state index contributed by atoms with van der Waals surface area (Å²) >= 11 is 1.66. The molecule has 1 saturated heterocycles. The Morgan fingerprint density at radius 3 is 2.92 bits per heavy atom. The Balaban J connectivity index is 1.52. The van der Waals surface area contributed by atoms with Crippen molar-refractivity contribution in [2.45, 2.75) is 38.4 Å². The molecule has 1 aliphatic heterocycles. The Morgan fingerprint density at radius 2 is 2.17 bits per heavy atom. The van der Waals surface area contributed by atoms with Crippen LogP contribution in [0.15, 0.2) is 24.3 Å². The molecule has 0 bridgehead atoms. The molecule has 2 aromatic rings. The highest BCUT2D eigenvalue weighted by Gasteiger charge is 2.32. The molecule has 0 saturated carbocycles. The minimum Gasteiger partial charge on any atom is -0.479 e. The van der Waals surface area contributed by atoms with E-state index in [0.29, 0.717) is 19.4 Å². The Bertz CT molecular complexity index is 712. The van der Waals surface area contributed by atoms with E-state index in [9.17, 15) is 9.59 Å². The van der Waals surface area contributed by atoms with Crippen LogP contribution in [-0.2, 0) is 20.7 Å². The van der Waals surface area contributed by atoms with Gasteiger partial charge in [0.15, 0.2) is 6.10 Å². The van der Waals surface area contributed by atoms with Crippen molar-refractivity contribution in [3.05, 3.63) is 29.3 Å². The highest BCUT2D eigenvalue weighted by molar-refractivity contribution is 7.18. The zero-order chi connectivity index (χ0) is 17.1. The zero-order valence-electron chi connectivity index (χ0n) is 13.5. The number of rotatable bonds is 5. The molecule has 0 radical (unpaired) electrons. The van der Waals surface area contributed by atoms with Gasteiger partial charge in [0.1, 0.15) is 0 Å². The van der Waals surface area contributed by atoms with Gasteiger partial charge >= 0.3 is 5.97 Å². The molecule has 1 aliphatic rings. The Labute approximate surface area is 144 Å². The maximum absolute atomic E-state index is 12.3. The third-order valence-electron chi connectivity index (χ3n) is 4.01. The lowest BCUT2D eigenvalue weighted by Gasteiger charge is -2.35. The lowest BCUT2D eigenvalue weighted by molar-refractivity contribution is -0.166. The second-order valence-electron chi connectivity index (χ2n) is 6.00. The number of morpholine rings is 1. The van der Waals surface area contributed by atoms with Crippen molar-refractivity contribution >= 4 is 33.4 Å². The minimum absolute atomic E-state index is 0.0162. The summed E-state index contributed by atoms with van der Waals surface area (Å²) in [5, 5.41) is 10.1. The first kappa shape index (κ1) is 16.9. The first-order valence-corrected chi connectivity index (χ1v) is 8.85. The fourth-order valence-corrected chi connectivity index (χ4v) is 3.88. The van der Waals surface area contributed by atoms with E-state index in [2.05, 4.69) is 4.98 Å². The fraction of sp³-hybridized carbons (Fsp3) is 0.471. The van der Waals surface area contributed by atoms with E-state index >= 15 is 0 Å². The summed E-state index contributed by atoms with van der Waals surface area (Å²) in [7, 11) is 0. The van der Waals surface area contributed by atoms with Crippen LogP contribution in [0.1, 0.15) is 24.8 Å². The van der Waals surface area contributed by atoms with Gasteiger partial charge in [-0.3, -0.25) is 4.79 Å². The molecular formula is C17H20N2O4S. The Kier molecular flexibility index (Phi) is 5.11. The molecule has 2 atom stereocenters. The number of hydrogen-bond donors (Lipinski definition) is 1. The molecule has 24 heavy (non-hydrogen) atoms. The van der Waals surface area contributed by atoms with Gasteiger partial charge in [-0.25, -0.2) is 9.78 Å². The number of carbonyl (C=O) groups excluding carboxylic acids is 1. The molecular weight excluding hydrogens is 328 g/mol. The van der Waals surface area contributed by atoms with Crippen molar-refractivity contribution < 1.29 is 19.4 Å². The zero-order valence-corrected chi connectivity index (χ0v) is 14.3. The van der Waals surface area contributed by atoms with E-state index in [1.165, 1.54) is 0 Å². The number of nitrogens with zero attached hydrogens (tertiary/aromatic N) is 2. The normalized spacial score (nSPS) is 21.1. The van der Waals surface area contributed by atoms with E-state index in [4.69, 9.17) is 9.84 Å². The largest absolute Gasteiger partial charge is 0.479 e. The van der Waals surface area contributed by atoms with Crippen molar-refractivity contribution in [2.24, 2.45) is 0 Å². The number of benzene rings is 1. The number of aryl methyl sites for hydroxylation is 1. The highest BCUT2D eigenvalue weighted by atomic mass is 32.1. The van der Waals surface area contributed by atoms with Crippen molar-refractivity contribution in [1.29, 1.82) is 0 Å². The summed E-state index contributed by atoms with van der Waals surface area (Å²) in [6, 6.07) is 7.99. The molecule has 1 amide bonds. The Morgan fingerprint density at radius 1 is 1.38 bits per heavy atom. The maximum Gasteiger partial charge on any atom is 0.334 e. The lowest BCUT2D eigenvalue weighted by Crippen LogP contribution is -2.51. The number of aromatic nitrogens is 1. The molecule has 6 nitrogen and oxygen atoms in total. The van der Waals surface area contributed by atoms with Gasteiger partial charge in [0.05, 0.1) is 27.9 Å². The number of carboxylic acids is 1. The molecule has 0 spiro atoms. The van der Waals surface area contributed by atoms with E-state index in [-0.39, 0.29) is 18.6 Å². The average Bonchev–Trinajstić information content (AvgIpc) is 2.96. The van der Waals surface area contributed by atoms with Gasteiger partial charge in [0.25, 0.3) is 0 Å². The molecule has 3 rings (SSSR count). The summed E-state index contributed by atoms with van der Waals surface area (Å²) < 4.78 is 6.49. The number of fused-ring (bicyclic) bond motifs is 1. The second kappa shape index (κ2) is 7.27. The molecule has 1 fully saturated rings. The van der Waals surface area contributed by atoms with Gasteiger partial charge in [-0.15, -0.1) is 11.3 Å². The topological polar surface area (TPSA) is 79.7 Å². The number of para-hydroxylation sites is 1. The number of ether oxygens (including phenoxy) is 1. The summed E-state index contributed by atoms with van der Waals surface area (Å²) in [5.41, 5.74) is 0.995. The minimum atomic E-state index is -1.02. The monoisotopic (exact) mass is 348 g/mol. The van der Waals surface area contributed by atoms with Crippen molar-refractivity contribution in [2.75, 3.05) is 13.1 Å². The molecule has 128 valence electrons. The standard InChI is InChI=1S/C17H20N2O4S/c1-11-9-19(10-13(23-11)17(21)22)16(20)8-4-7-15-18-12-5-2-3-6-14(12)24-15/h2-3,5-6,11,13H,4,7-10H2,1H3,(H,21,22)/t11-,13?/m1/s1. The van der Waals surface area contributed by atoms with Gasteiger partial charge in [-0.05, 0) is 31.9 Å². The maximum atomic E-state index is 12.3. The van der Waals surface area contributed by atoms with Gasteiger partial charge < -0.3 is 14.7 Å². The van der Waals surface area contributed by atoms with Gasteiger partial charge in [0.2, 0.25) is 5.91 Å². The average molecular weight is 348 g/mol. The van der Waals surface area contributed by atoms with E-state index in [1.54, 1.807) is 23.2 Å². The molecule has 1 aromatic carbocycles. The third-order valence-corrected chi connectivity index (χ3v) is 5.10. The fourth-order valence-electron chi connectivity index (χ4n) is 2.87. The number of hydrogen-bond acceptors (Lipinski definition) is 5. The molecule has 1 N–H and O–H groups in total. The predicted octanol–water partition coefficient (Wildman–Crippen LogP) is 2.32. The van der Waals surface area contributed by atoms with Crippen LogP contribution in [0.4, 0.5) is 0 Å². The predicted molar refractivity (Wildman–Crippen MR) is 91.1 cm³/mol. The van der Waals surface area contributed by atoms with Crippen LogP contribution in [0.2, 0.25) is 0 Å². The smallest absolute Gasteiger partial charge is 0.334 e. The Hall–Kier alpha value is -1.99. The summed E-state index contributed by atoms with van der Waals surface area (Å²) in [5.74, 6) is -1.04. The molecule has 7 heteroatoms. The molecule has 2 heterocycles. The summed E-state index contributed by atoms with van der Waals surface area (Å²) in [6.07, 6.45) is 0.680. The van der Waals surface area contributed by atoms with Crippen LogP contribution in [0.25, 0.3) is 10.2 Å². The van der Waals surface area contributed by atoms with Crippen molar-refractivity contribution in [3.63, 3.8) is 0 Å². The van der Waals surface area contributed by atoms with Crippen LogP contribution < -0.4 is 0 Å². The third kappa shape index (κ3) is 3.91. The quantitative estimate of drug-likeness (QED) is 0.897. The van der Waals surface area contributed by atoms with Gasteiger partial charge in [-0.2, -0.15) is 0 Å². The number of carboxylic acid groups (broad SMARTS) is 1. The summed E-state index contributed by atoms with van der Waals surface area (Å²) in [4.78, 5) is 29.6. The summed E-state index contributed by atoms with van der Waals surface area (Å²) in [6.45, 7) is 2.36. The van der Waals surface area contributed by atoms with Crippen LogP contribution in [0.5, 0.6) is 0 Å². The first-order valence-electron chi connectivity index (χ1n) is 8.03. The van der Waals surface area contributed by atoms with Crippen LogP contribution >= 0.6 is 11.3 Å². The number of aliphatic carboxylic acids is 1. The van der Waals surface area contributed by atoms with Gasteiger partial charge in [-0.1, -0.05) is 12.1 Å². The van der Waals surface area contributed by atoms with Crippen molar-refractivity contribution in [1.82, 2.24) is 9.88 Å². The number of carbonyl (C=O) groups is 2. The van der Waals surface area contributed by atoms with Crippen LogP contribution in [-0.4, -0.2) is 52.2 Å². The van der Waals surface area contributed by atoms with Crippen LogP contribution in [0, 0.1) is 0 Å². The van der Waals surface area contributed by atoms with E-state index < -0.39 is 12.1 Å². The molecule has 0 aliphatic carbocycles. The number of amides is 1. The van der Waals surface area contributed by atoms with E-state index in [1.807, 2.05) is 24.3 Å². The van der Waals surface area contributed by atoms with Gasteiger partial charge in [0, 0.05) is 13.0 Å². The lowest BCUT2D eigenvalue weighted by atomic mass is 10.1. The van der Waals surface area contributed by atoms with Crippen molar-refractivity contribution in [3.8, 4) is 0 Å². The highest BCUT2D eigenvalue weighted by Crippen LogP contribution is 2.23. The number of thiazole rings is 1. The first-order chi connectivity index (χ1) is 11.5. The van der Waals surface area contributed by atoms with Crippen LogP contribution in [0.3, 0.4) is 0 Å². The SMILES string of the molecule is C[C@@H]1CN(C(=O)CCCc2nc3ccccc3s2)CC(C(=O)O)O1. The second-order valence-corrected chi connectivity index (χ2v) is 7.12. The molecule has 1 aromatic heterocycles. The van der Waals surface area contributed by atoms with E-state index in [0.717, 1.165) is 21.6 Å².